The van der Waals surface area contributed by atoms with E-state index in [9.17, 15) is 4.79 Å². The Hall–Kier alpha value is -0.570. The van der Waals surface area contributed by atoms with Crippen LogP contribution < -0.4 is 0 Å². The van der Waals surface area contributed by atoms with E-state index in [0.29, 0.717) is 0 Å². The Morgan fingerprint density at radius 3 is 2.80 bits per heavy atom. The van der Waals surface area contributed by atoms with Crippen LogP contribution in [0.3, 0.4) is 0 Å². The number of carboxylic acids is 1. The quantitative estimate of drug-likeness (QED) is 0.599. The zero-order valence-corrected chi connectivity index (χ0v) is 6.04. The number of carbonyl (C=O) groups is 1. The van der Waals surface area contributed by atoms with Crippen molar-refractivity contribution in [2.24, 2.45) is 0 Å². The van der Waals surface area contributed by atoms with Crippen LogP contribution in [0.25, 0.3) is 0 Å². The van der Waals surface area contributed by atoms with Gasteiger partial charge in [-0.25, -0.2) is 4.79 Å². The number of rotatable bonds is 4. The van der Waals surface area contributed by atoms with E-state index in [0.717, 1.165) is 19.3 Å². The Morgan fingerprint density at radius 1 is 1.70 bits per heavy atom. The highest BCUT2D eigenvalue weighted by molar-refractivity contribution is 5.75. The SMILES string of the molecule is CCCC[C@@H]1O[C@H]1C(=O)O. The summed E-state index contributed by atoms with van der Waals surface area (Å²) in [5, 5.41) is 8.40. The molecule has 0 aliphatic carbocycles. The van der Waals surface area contributed by atoms with E-state index in [2.05, 4.69) is 6.92 Å². The second kappa shape index (κ2) is 3.01. The second-order valence-corrected chi connectivity index (χ2v) is 2.58. The number of aliphatic carboxylic acids is 1. The van der Waals surface area contributed by atoms with E-state index in [-0.39, 0.29) is 6.10 Å². The van der Waals surface area contributed by atoms with Crippen molar-refractivity contribution in [2.75, 3.05) is 0 Å². The van der Waals surface area contributed by atoms with Gasteiger partial charge in [-0.15, -0.1) is 0 Å². The van der Waals surface area contributed by atoms with E-state index in [1.165, 1.54) is 0 Å². The average molecular weight is 144 g/mol. The highest BCUT2D eigenvalue weighted by atomic mass is 16.6. The van der Waals surface area contributed by atoms with E-state index < -0.39 is 12.1 Å². The first-order valence-electron chi connectivity index (χ1n) is 3.64. The second-order valence-electron chi connectivity index (χ2n) is 2.58. The van der Waals surface area contributed by atoms with Gasteiger partial charge in [0.2, 0.25) is 0 Å². The van der Waals surface area contributed by atoms with Gasteiger partial charge in [0.25, 0.3) is 0 Å². The lowest BCUT2D eigenvalue weighted by atomic mass is 10.2. The van der Waals surface area contributed by atoms with Crippen molar-refractivity contribution in [1.82, 2.24) is 0 Å². The van der Waals surface area contributed by atoms with E-state index >= 15 is 0 Å². The molecule has 0 spiro atoms. The predicted molar refractivity (Wildman–Crippen MR) is 35.8 cm³/mol. The van der Waals surface area contributed by atoms with Gasteiger partial charge < -0.3 is 9.84 Å². The van der Waals surface area contributed by atoms with Crippen molar-refractivity contribution in [3.63, 3.8) is 0 Å². The molecule has 0 radical (unpaired) electrons. The molecule has 0 bridgehead atoms. The van der Waals surface area contributed by atoms with E-state index in [1.54, 1.807) is 0 Å². The molecule has 0 unspecified atom stereocenters. The first kappa shape index (κ1) is 7.54. The van der Waals surface area contributed by atoms with Crippen molar-refractivity contribution >= 4 is 5.97 Å². The van der Waals surface area contributed by atoms with Crippen molar-refractivity contribution in [1.29, 1.82) is 0 Å². The number of hydrogen-bond donors (Lipinski definition) is 1. The summed E-state index contributed by atoms with van der Waals surface area (Å²) in [5.74, 6) is -0.818. The lowest BCUT2D eigenvalue weighted by Gasteiger charge is -1.88. The topological polar surface area (TPSA) is 49.8 Å². The third-order valence-electron chi connectivity index (χ3n) is 1.67. The molecule has 2 atom stereocenters. The molecule has 0 saturated carbocycles. The predicted octanol–water partition coefficient (Wildman–Crippen LogP) is 1.03. The third kappa shape index (κ3) is 1.70. The van der Waals surface area contributed by atoms with Gasteiger partial charge in [0, 0.05) is 0 Å². The Labute approximate surface area is 60.0 Å². The van der Waals surface area contributed by atoms with E-state index in [1.807, 2.05) is 0 Å². The largest absolute Gasteiger partial charge is 0.479 e. The summed E-state index contributed by atoms with van der Waals surface area (Å²) < 4.78 is 4.88. The average Bonchev–Trinajstić information content (AvgIpc) is 2.62. The number of unbranched alkanes of at least 4 members (excludes halogenated alkanes) is 1. The van der Waals surface area contributed by atoms with Crippen molar-refractivity contribution < 1.29 is 14.6 Å². The number of carboxylic acid groups (broad SMARTS) is 1. The van der Waals surface area contributed by atoms with Gasteiger partial charge in [-0.2, -0.15) is 0 Å². The first-order valence-corrected chi connectivity index (χ1v) is 3.64. The lowest BCUT2D eigenvalue weighted by Crippen LogP contribution is -2.07. The van der Waals surface area contributed by atoms with Gasteiger partial charge in [0.05, 0.1) is 6.10 Å². The molecule has 58 valence electrons. The molecule has 0 aromatic heterocycles. The molecule has 1 fully saturated rings. The fraction of sp³-hybridized carbons (Fsp3) is 0.857. The Bertz CT molecular complexity index is 133. The lowest BCUT2D eigenvalue weighted by molar-refractivity contribution is -0.138. The van der Waals surface area contributed by atoms with Crippen LogP contribution in [0.15, 0.2) is 0 Å². The maximum absolute atomic E-state index is 10.2. The summed E-state index contributed by atoms with van der Waals surface area (Å²) in [7, 11) is 0. The Morgan fingerprint density at radius 2 is 2.40 bits per heavy atom. The molecule has 1 N–H and O–H groups in total. The fourth-order valence-electron chi connectivity index (χ4n) is 0.985. The standard InChI is InChI=1S/C7H12O3/c1-2-3-4-5-6(10-5)7(8)9/h5-6H,2-4H2,1H3,(H,8,9)/t5-,6+/m0/s1. The monoisotopic (exact) mass is 144 g/mol. The molecule has 1 rings (SSSR count). The van der Waals surface area contributed by atoms with Gasteiger partial charge in [-0.3, -0.25) is 0 Å². The van der Waals surface area contributed by atoms with E-state index in [4.69, 9.17) is 9.84 Å². The van der Waals surface area contributed by atoms with Crippen LogP contribution in [-0.4, -0.2) is 23.3 Å². The molecule has 3 nitrogen and oxygen atoms in total. The van der Waals surface area contributed by atoms with Gasteiger partial charge in [0.1, 0.15) is 0 Å². The molecule has 0 aromatic rings. The fourth-order valence-corrected chi connectivity index (χ4v) is 0.985. The third-order valence-corrected chi connectivity index (χ3v) is 1.67. The van der Waals surface area contributed by atoms with Crippen molar-refractivity contribution in [3.05, 3.63) is 0 Å². The minimum Gasteiger partial charge on any atom is -0.479 e. The first-order chi connectivity index (χ1) is 4.75. The molecule has 1 aliphatic heterocycles. The molecule has 1 aliphatic rings. The minimum absolute atomic E-state index is 0.0115. The van der Waals surface area contributed by atoms with Crippen molar-refractivity contribution in [2.45, 2.75) is 38.4 Å². The van der Waals surface area contributed by atoms with Crippen LogP contribution >= 0.6 is 0 Å². The van der Waals surface area contributed by atoms with Gasteiger partial charge in [0.15, 0.2) is 6.10 Å². The summed E-state index contributed by atoms with van der Waals surface area (Å²) in [5.41, 5.74) is 0. The molecular weight excluding hydrogens is 132 g/mol. The molecular formula is C7H12O3. The molecule has 10 heavy (non-hydrogen) atoms. The Kier molecular flexibility index (Phi) is 2.27. The smallest absolute Gasteiger partial charge is 0.335 e. The van der Waals surface area contributed by atoms with Crippen LogP contribution in [-0.2, 0) is 9.53 Å². The van der Waals surface area contributed by atoms with Gasteiger partial charge in [-0.1, -0.05) is 19.8 Å². The number of epoxide rings is 1. The highest BCUT2D eigenvalue weighted by Crippen LogP contribution is 2.26. The summed E-state index contributed by atoms with van der Waals surface area (Å²) in [6.07, 6.45) is 2.58. The van der Waals surface area contributed by atoms with Gasteiger partial charge >= 0.3 is 5.97 Å². The summed E-state index contributed by atoms with van der Waals surface area (Å²) >= 11 is 0. The molecule has 0 aromatic carbocycles. The maximum atomic E-state index is 10.2. The summed E-state index contributed by atoms with van der Waals surface area (Å²) in [6, 6.07) is 0. The molecule has 0 amide bonds. The normalized spacial score (nSPS) is 30.1. The van der Waals surface area contributed by atoms with Crippen molar-refractivity contribution in [3.8, 4) is 0 Å². The van der Waals surface area contributed by atoms with Gasteiger partial charge in [-0.05, 0) is 6.42 Å². The van der Waals surface area contributed by atoms with Crippen LogP contribution in [0.1, 0.15) is 26.2 Å². The van der Waals surface area contributed by atoms with Crippen LogP contribution in [0.5, 0.6) is 0 Å². The zero-order chi connectivity index (χ0) is 7.56. The summed E-state index contributed by atoms with van der Waals surface area (Å²) in [4.78, 5) is 10.2. The molecule has 1 saturated heterocycles. The molecule has 3 heteroatoms. The maximum Gasteiger partial charge on any atom is 0.335 e. The minimum atomic E-state index is -0.818. The number of hydrogen-bond acceptors (Lipinski definition) is 2. The van der Waals surface area contributed by atoms with Crippen LogP contribution in [0.2, 0.25) is 0 Å². The molecule has 1 heterocycles. The van der Waals surface area contributed by atoms with Crippen LogP contribution in [0, 0.1) is 0 Å². The van der Waals surface area contributed by atoms with Crippen LogP contribution in [0.4, 0.5) is 0 Å². The summed E-state index contributed by atoms with van der Waals surface area (Å²) in [6.45, 7) is 2.08. The highest BCUT2D eigenvalue weighted by Gasteiger charge is 2.44. The Balaban J connectivity index is 2.08. The zero-order valence-electron chi connectivity index (χ0n) is 6.04. The number of ether oxygens (including phenoxy) is 1.